The van der Waals surface area contributed by atoms with Crippen LogP contribution in [0.25, 0.3) is 0 Å². The monoisotopic (exact) mass is 373 g/mol. The number of hydrogen-bond donors (Lipinski definition) is 1. The highest BCUT2D eigenvalue weighted by atomic mass is 35.5. The van der Waals surface area contributed by atoms with Gasteiger partial charge in [0.2, 0.25) is 0 Å². The van der Waals surface area contributed by atoms with Crippen LogP contribution in [-0.2, 0) is 0 Å². The molecule has 5 nitrogen and oxygen atoms in total. The molecule has 0 radical (unpaired) electrons. The molecule has 1 N–H and O–H groups in total. The third-order valence-corrected chi connectivity index (χ3v) is 4.32. The van der Waals surface area contributed by atoms with Gasteiger partial charge in [-0.3, -0.25) is 9.59 Å². The van der Waals surface area contributed by atoms with Crippen LogP contribution in [0.5, 0.6) is 11.5 Å². The van der Waals surface area contributed by atoms with Crippen molar-refractivity contribution in [2.24, 2.45) is 5.92 Å². The summed E-state index contributed by atoms with van der Waals surface area (Å²) in [5.41, 5.74) is 1.51. The predicted molar refractivity (Wildman–Crippen MR) is 101 cm³/mol. The molecule has 0 bridgehead atoms. The number of benzene rings is 2. The van der Waals surface area contributed by atoms with Crippen molar-refractivity contribution in [1.82, 2.24) is 0 Å². The minimum Gasteiger partial charge on any atom is -0.489 e. The SMILES string of the molecule is CCOc1c(Cl)cc(C(=O)Nc2ccc(C=O)cc2)cc1OCC1CC1. The number of halogens is 1. The number of amides is 1. The second-order valence-corrected chi connectivity index (χ2v) is 6.57. The van der Waals surface area contributed by atoms with Crippen molar-refractivity contribution in [2.75, 3.05) is 18.5 Å². The minimum absolute atomic E-state index is 0.315. The lowest BCUT2D eigenvalue weighted by Gasteiger charge is -2.15. The molecule has 136 valence electrons. The summed E-state index contributed by atoms with van der Waals surface area (Å²) in [6, 6.07) is 9.82. The van der Waals surface area contributed by atoms with Crippen LogP contribution in [0.1, 0.15) is 40.5 Å². The van der Waals surface area contributed by atoms with E-state index in [9.17, 15) is 9.59 Å². The van der Waals surface area contributed by atoms with Gasteiger partial charge in [-0.15, -0.1) is 0 Å². The summed E-state index contributed by atoms with van der Waals surface area (Å²) in [4.78, 5) is 23.3. The molecule has 0 aromatic heterocycles. The fourth-order valence-electron chi connectivity index (χ4n) is 2.43. The summed E-state index contributed by atoms with van der Waals surface area (Å²) in [7, 11) is 0. The summed E-state index contributed by atoms with van der Waals surface area (Å²) in [6.45, 7) is 2.91. The third-order valence-electron chi connectivity index (χ3n) is 4.04. The van der Waals surface area contributed by atoms with E-state index in [0.717, 1.165) is 19.1 Å². The molecule has 0 heterocycles. The zero-order valence-corrected chi connectivity index (χ0v) is 15.2. The van der Waals surface area contributed by atoms with Gasteiger partial charge in [0.1, 0.15) is 6.29 Å². The first-order chi connectivity index (χ1) is 12.6. The zero-order valence-electron chi connectivity index (χ0n) is 14.5. The van der Waals surface area contributed by atoms with Crippen molar-refractivity contribution in [3.8, 4) is 11.5 Å². The first kappa shape index (κ1) is 18.3. The Hall–Kier alpha value is -2.53. The van der Waals surface area contributed by atoms with Gasteiger partial charge in [-0.25, -0.2) is 0 Å². The fourth-order valence-corrected chi connectivity index (χ4v) is 2.70. The third kappa shape index (κ3) is 4.55. The van der Waals surface area contributed by atoms with Crippen LogP contribution >= 0.6 is 11.6 Å². The molecule has 2 aromatic carbocycles. The van der Waals surface area contributed by atoms with Crippen molar-refractivity contribution in [3.05, 3.63) is 52.5 Å². The highest BCUT2D eigenvalue weighted by Gasteiger charge is 2.24. The summed E-state index contributed by atoms with van der Waals surface area (Å²) in [6.07, 6.45) is 3.07. The molecule has 0 saturated heterocycles. The topological polar surface area (TPSA) is 64.6 Å². The molecule has 2 aromatic rings. The maximum atomic E-state index is 12.6. The Kier molecular flexibility index (Phi) is 5.78. The number of aldehydes is 1. The van der Waals surface area contributed by atoms with Crippen LogP contribution in [-0.4, -0.2) is 25.4 Å². The second kappa shape index (κ2) is 8.23. The van der Waals surface area contributed by atoms with E-state index >= 15 is 0 Å². The van der Waals surface area contributed by atoms with Crippen LogP contribution < -0.4 is 14.8 Å². The number of rotatable bonds is 8. The fraction of sp³-hybridized carbons (Fsp3) is 0.300. The van der Waals surface area contributed by atoms with Gasteiger partial charge in [-0.2, -0.15) is 0 Å². The molecule has 0 aliphatic heterocycles. The Labute approximate surface area is 157 Å². The van der Waals surface area contributed by atoms with E-state index in [0.29, 0.717) is 52.5 Å². The van der Waals surface area contributed by atoms with Gasteiger partial charge < -0.3 is 14.8 Å². The highest BCUT2D eigenvalue weighted by molar-refractivity contribution is 6.32. The lowest BCUT2D eigenvalue weighted by Crippen LogP contribution is -2.13. The van der Waals surface area contributed by atoms with Gasteiger partial charge in [0.05, 0.1) is 18.2 Å². The maximum absolute atomic E-state index is 12.6. The van der Waals surface area contributed by atoms with Crippen molar-refractivity contribution in [3.63, 3.8) is 0 Å². The minimum atomic E-state index is -0.315. The standard InChI is InChI=1S/C20H20ClNO4/c1-2-25-19-17(21)9-15(10-18(19)26-12-14-3-4-14)20(24)22-16-7-5-13(11-23)6-8-16/h5-11,14H,2-4,12H2,1H3,(H,22,24). The summed E-state index contributed by atoms with van der Waals surface area (Å²) >= 11 is 6.31. The molecular weight excluding hydrogens is 354 g/mol. The first-order valence-electron chi connectivity index (χ1n) is 8.56. The molecule has 1 saturated carbocycles. The van der Waals surface area contributed by atoms with E-state index in [1.54, 1.807) is 36.4 Å². The molecule has 26 heavy (non-hydrogen) atoms. The van der Waals surface area contributed by atoms with Gasteiger partial charge >= 0.3 is 0 Å². The normalized spacial score (nSPS) is 13.2. The summed E-state index contributed by atoms with van der Waals surface area (Å²) < 4.78 is 11.4. The van der Waals surface area contributed by atoms with Crippen molar-refractivity contribution < 1.29 is 19.1 Å². The number of carbonyl (C=O) groups is 2. The number of nitrogens with one attached hydrogen (secondary N) is 1. The van der Waals surface area contributed by atoms with E-state index in [-0.39, 0.29) is 5.91 Å². The summed E-state index contributed by atoms with van der Waals surface area (Å²) in [5.74, 6) is 1.19. The number of carbonyl (C=O) groups excluding carboxylic acids is 2. The lowest BCUT2D eigenvalue weighted by molar-refractivity contribution is 0.102. The predicted octanol–water partition coefficient (Wildman–Crippen LogP) is 4.59. The van der Waals surface area contributed by atoms with E-state index in [1.807, 2.05) is 6.92 Å². The van der Waals surface area contributed by atoms with E-state index in [1.165, 1.54) is 0 Å². The van der Waals surface area contributed by atoms with Gasteiger partial charge in [0.15, 0.2) is 11.5 Å². The quantitative estimate of drug-likeness (QED) is 0.687. The second-order valence-electron chi connectivity index (χ2n) is 6.17. The average Bonchev–Trinajstić information content (AvgIpc) is 3.47. The Morgan fingerprint density at radius 1 is 1.23 bits per heavy atom. The van der Waals surface area contributed by atoms with E-state index in [4.69, 9.17) is 21.1 Å². The molecule has 0 unspecified atom stereocenters. The first-order valence-corrected chi connectivity index (χ1v) is 8.94. The molecule has 1 amide bonds. The molecule has 1 aliphatic rings. The van der Waals surface area contributed by atoms with Crippen LogP contribution in [0.4, 0.5) is 5.69 Å². The average molecular weight is 374 g/mol. The molecule has 1 fully saturated rings. The Morgan fingerprint density at radius 2 is 1.96 bits per heavy atom. The Balaban J connectivity index is 1.80. The van der Waals surface area contributed by atoms with Crippen LogP contribution in [0.3, 0.4) is 0 Å². The van der Waals surface area contributed by atoms with Crippen LogP contribution in [0.15, 0.2) is 36.4 Å². The van der Waals surface area contributed by atoms with Crippen LogP contribution in [0, 0.1) is 5.92 Å². The molecule has 6 heteroatoms. The smallest absolute Gasteiger partial charge is 0.255 e. The van der Waals surface area contributed by atoms with E-state index < -0.39 is 0 Å². The largest absolute Gasteiger partial charge is 0.489 e. The van der Waals surface area contributed by atoms with Crippen molar-refractivity contribution in [1.29, 1.82) is 0 Å². The van der Waals surface area contributed by atoms with Crippen LogP contribution in [0.2, 0.25) is 5.02 Å². The van der Waals surface area contributed by atoms with Gasteiger partial charge in [0, 0.05) is 16.8 Å². The number of hydrogen-bond acceptors (Lipinski definition) is 4. The van der Waals surface area contributed by atoms with Crippen molar-refractivity contribution >= 4 is 29.5 Å². The van der Waals surface area contributed by atoms with Crippen molar-refractivity contribution in [2.45, 2.75) is 19.8 Å². The Morgan fingerprint density at radius 3 is 2.58 bits per heavy atom. The Bertz CT molecular complexity index is 800. The number of anilines is 1. The molecule has 3 rings (SSSR count). The van der Waals surface area contributed by atoms with Gasteiger partial charge in [-0.05, 0) is 62.1 Å². The molecule has 0 spiro atoms. The summed E-state index contributed by atoms with van der Waals surface area (Å²) in [5, 5.41) is 3.12. The van der Waals surface area contributed by atoms with Gasteiger partial charge in [0.25, 0.3) is 5.91 Å². The molecular formula is C20H20ClNO4. The van der Waals surface area contributed by atoms with Gasteiger partial charge in [-0.1, -0.05) is 11.6 Å². The highest BCUT2D eigenvalue weighted by Crippen LogP contribution is 2.38. The zero-order chi connectivity index (χ0) is 18.5. The maximum Gasteiger partial charge on any atom is 0.255 e. The molecule has 1 aliphatic carbocycles. The van der Waals surface area contributed by atoms with E-state index in [2.05, 4.69) is 5.32 Å². The lowest BCUT2D eigenvalue weighted by atomic mass is 10.1. The molecule has 0 atom stereocenters. The number of ether oxygens (including phenoxy) is 2.